The van der Waals surface area contributed by atoms with E-state index in [4.69, 9.17) is 4.74 Å². The summed E-state index contributed by atoms with van der Waals surface area (Å²) >= 11 is 0. The van der Waals surface area contributed by atoms with Crippen LogP contribution in [0.3, 0.4) is 0 Å². The highest BCUT2D eigenvalue weighted by Crippen LogP contribution is 2.26. The fourth-order valence-corrected chi connectivity index (χ4v) is 3.22. The number of para-hydroxylation sites is 1. The van der Waals surface area contributed by atoms with Gasteiger partial charge in [-0.25, -0.2) is 18.8 Å². The summed E-state index contributed by atoms with van der Waals surface area (Å²) in [6.07, 6.45) is 2.45. The second-order valence-corrected chi connectivity index (χ2v) is 6.55. The standard InChI is InChI=1S/C20H25F2N5O/c1-3-23-20(25-12-14-7-9-24-18(11-14)28-2)26-15-8-10-27(13-15)19-16(21)5-4-6-17(19)22/h4-7,9,11,15H,3,8,10,12-13H2,1-2H3,(H2,23,25,26). The Labute approximate surface area is 163 Å². The number of ether oxygens (including phenoxy) is 1. The Morgan fingerprint density at radius 2 is 2.11 bits per heavy atom. The van der Waals surface area contributed by atoms with Gasteiger partial charge in [0.15, 0.2) is 5.96 Å². The molecule has 1 saturated heterocycles. The van der Waals surface area contributed by atoms with Crippen LogP contribution in [0, 0.1) is 11.6 Å². The zero-order valence-corrected chi connectivity index (χ0v) is 16.1. The van der Waals surface area contributed by atoms with Crippen LogP contribution in [0.15, 0.2) is 41.5 Å². The van der Waals surface area contributed by atoms with E-state index in [1.807, 2.05) is 19.1 Å². The van der Waals surface area contributed by atoms with Gasteiger partial charge in [0.1, 0.15) is 17.3 Å². The Morgan fingerprint density at radius 3 is 2.82 bits per heavy atom. The van der Waals surface area contributed by atoms with Gasteiger partial charge in [0.25, 0.3) is 0 Å². The topological polar surface area (TPSA) is 61.8 Å². The first-order valence-electron chi connectivity index (χ1n) is 9.33. The number of nitrogens with one attached hydrogen (secondary N) is 2. The second-order valence-electron chi connectivity index (χ2n) is 6.55. The third-order valence-corrected chi connectivity index (χ3v) is 4.56. The first-order valence-corrected chi connectivity index (χ1v) is 9.33. The van der Waals surface area contributed by atoms with Crippen LogP contribution in [0.5, 0.6) is 5.88 Å². The molecule has 2 aromatic rings. The third-order valence-electron chi connectivity index (χ3n) is 4.56. The number of guanidine groups is 1. The number of aromatic nitrogens is 1. The number of halogens is 2. The molecule has 1 atom stereocenters. The van der Waals surface area contributed by atoms with E-state index in [9.17, 15) is 8.78 Å². The molecule has 0 saturated carbocycles. The zero-order chi connectivity index (χ0) is 19.9. The largest absolute Gasteiger partial charge is 0.481 e. The number of nitrogens with zero attached hydrogens (tertiary/aromatic N) is 3. The van der Waals surface area contributed by atoms with Crippen molar-refractivity contribution < 1.29 is 13.5 Å². The van der Waals surface area contributed by atoms with Gasteiger partial charge in [0.2, 0.25) is 5.88 Å². The maximum absolute atomic E-state index is 14.0. The number of benzene rings is 1. The molecule has 1 fully saturated rings. The molecule has 2 heterocycles. The van der Waals surface area contributed by atoms with Gasteiger partial charge < -0.3 is 20.3 Å². The van der Waals surface area contributed by atoms with E-state index in [1.54, 1.807) is 18.2 Å². The van der Waals surface area contributed by atoms with Crippen LogP contribution in [0.2, 0.25) is 0 Å². The maximum Gasteiger partial charge on any atom is 0.213 e. The molecule has 1 aromatic heterocycles. The summed E-state index contributed by atoms with van der Waals surface area (Å²) < 4.78 is 33.2. The van der Waals surface area contributed by atoms with Gasteiger partial charge in [-0.3, -0.25) is 0 Å². The minimum absolute atomic E-state index is 0.0395. The molecule has 0 amide bonds. The first kappa shape index (κ1) is 19.9. The predicted octanol–water partition coefficient (Wildman–Crippen LogP) is 2.70. The average Bonchev–Trinajstić information content (AvgIpc) is 3.14. The fourth-order valence-electron chi connectivity index (χ4n) is 3.22. The number of hydrogen-bond donors (Lipinski definition) is 2. The lowest BCUT2D eigenvalue weighted by Gasteiger charge is -2.21. The van der Waals surface area contributed by atoms with Gasteiger partial charge in [-0.1, -0.05) is 6.07 Å². The van der Waals surface area contributed by atoms with Crippen molar-refractivity contribution in [2.24, 2.45) is 4.99 Å². The van der Waals surface area contributed by atoms with Crippen molar-refractivity contribution in [1.82, 2.24) is 15.6 Å². The molecule has 6 nitrogen and oxygen atoms in total. The third kappa shape index (κ3) is 4.88. The van der Waals surface area contributed by atoms with Crippen molar-refractivity contribution in [2.75, 3.05) is 31.6 Å². The number of rotatable bonds is 6. The second kappa shape index (κ2) is 9.34. The molecule has 1 aliphatic rings. The van der Waals surface area contributed by atoms with Crippen molar-refractivity contribution >= 4 is 11.6 Å². The molecule has 2 N–H and O–H groups in total. The molecular weight excluding hydrogens is 364 g/mol. The SMILES string of the molecule is CCNC(=NCc1ccnc(OC)c1)NC1CCN(c2c(F)cccc2F)C1. The van der Waals surface area contributed by atoms with E-state index in [2.05, 4.69) is 20.6 Å². The maximum atomic E-state index is 14.0. The van der Waals surface area contributed by atoms with Crippen molar-refractivity contribution in [2.45, 2.75) is 25.9 Å². The zero-order valence-electron chi connectivity index (χ0n) is 16.1. The van der Waals surface area contributed by atoms with Crippen LogP contribution in [0.25, 0.3) is 0 Å². The van der Waals surface area contributed by atoms with Crippen LogP contribution in [-0.4, -0.2) is 43.7 Å². The minimum atomic E-state index is -0.534. The van der Waals surface area contributed by atoms with Gasteiger partial charge >= 0.3 is 0 Å². The molecule has 3 rings (SSSR count). The van der Waals surface area contributed by atoms with E-state index in [1.165, 1.54) is 18.2 Å². The summed E-state index contributed by atoms with van der Waals surface area (Å²) in [6.45, 7) is 4.25. The Balaban J connectivity index is 1.64. The van der Waals surface area contributed by atoms with Crippen LogP contribution in [-0.2, 0) is 6.54 Å². The molecule has 1 aliphatic heterocycles. The molecular formula is C20H25F2N5O. The molecule has 8 heteroatoms. The van der Waals surface area contributed by atoms with E-state index >= 15 is 0 Å². The fraction of sp³-hybridized carbons (Fsp3) is 0.400. The lowest BCUT2D eigenvalue weighted by molar-refractivity contribution is 0.397. The van der Waals surface area contributed by atoms with Crippen LogP contribution < -0.4 is 20.3 Å². The molecule has 150 valence electrons. The highest BCUT2D eigenvalue weighted by molar-refractivity contribution is 5.80. The van der Waals surface area contributed by atoms with Crippen LogP contribution >= 0.6 is 0 Å². The summed E-state index contributed by atoms with van der Waals surface area (Å²) in [6, 6.07) is 7.72. The summed E-state index contributed by atoms with van der Waals surface area (Å²) in [4.78, 5) is 10.4. The normalized spacial score (nSPS) is 16.9. The van der Waals surface area contributed by atoms with Gasteiger partial charge in [0.05, 0.1) is 13.7 Å². The smallest absolute Gasteiger partial charge is 0.213 e. The molecule has 28 heavy (non-hydrogen) atoms. The first-order chi connectivity index (χ1) is 13.6. The number of methoxy groups -OCH3 is 1. The van der Waals surface area contributed by atoms with Gasteiger partial charge in [-0.05, 0) is 37.1 Å². The van der Waals surface area contributed by atoms with Crippen LogP contribution in [0.4, 0.5) is 14.5 Å². The van der Waals surface area contributed by atoms with Gasteiger partial charge in [0, 0.05) is 37.9 Å². The summed E-state index contributed by atoms with van der Waals surface area (Å²) in [7, 11) is 1.57. The van der Waals surface area contributed by atoms with E-state index in [0.717, 1.165) is 12.0 Å². The van der Waals surface area contributed by atoms with E-state index < -0.39 is 11.6 Å². The van der Waals surface area contributed by atoms with E-state index in [-0.39, 0.29) is 11.7 Å². The molecule has 0 spiro atoms. The molecule has 0 aliphatic carbocycles. The highest BCUT2D eigenvalue weighted by Gasteiger charge is 2.27. The summed E-state index contributed by atoms with van der Waals surface area (Å²) in [5, 5.41) is 6.57. The summed E-state index contributed by atoms with van der Waals surface area (Å²) in [5.74, 6) is 0.142. The number of pyridine rings is 1. The predicted molar refractivity (Wildman–Crippen MR) is 106 cm³/mol. The monoisotopic (exact) mass is 389 g/mol. The Kier molecular flexibility index (Phi) is 6.62. The molecule has 0 bridgehead atoms. The molecule has 1 unspecified atom stereocenters. The van der Waals surface area contributed by atoms with Gasteiger partial charge in [-0.2, -0.15) is 0 Å². The van der Waals surface area contributed by atoms with E-state index in [0.29, 0.717) is 38.0 Å². The van der Waals surface area contributed by atoms with Crippen molar-refractivity contribution in [3.05, 3.63) is 53.7 Å². The Hall–Kier alpha value is -2.90. The summed E-state index contributed by atoms with van der Waals surface area (Å²) in [5.41, 5.74) is 1.02. The highest BCUT2D eigenvalue weighted by atomic mass is 19.1. The Morgan fingerprint density at radius 1 is 1.32 bits per heavy atom. The van der Waals surface area contributed by atoms with Gasteiger partial charge in [-0.15, -0.1) is 0 Å². The quantitative estimate of drug-likeness (QED) is 0.588. The lowest BCUT2D eigenvalue weighted by atomic mass is 10.2. The van der Waals surface area contributed by atoms with Crippen molar-refractivity contribution in [3.8, 4) is 5.88 Å². The van der Waals surface area contributed by atoms with Crippen molar-refractivity contribution in [3.63, 3.8) is 0 Å². The number of aliphatic imine (C=N–C) groups is 1. The lowest BCUT2D eigenvalue weighted by Crippen LogP contribution is -2.44. The van der Waals surface area contributed by atoms with Crippen molar-refractivity contribution in [1.29, 1.82) is 0 Å². The molecule has 1 aromatic carbocycles. The van der Waals surface area contributed by atoms with Crippen LogP contribution in [0.1, 0.15) is 18.9 Å². The average molecular weight is 389 g/mol. The minimum Gasteiger partial charge on any atom is -0.481 e. The number of hydrogen-bond acceptors (Lipinski definition) is 4. The number of anilines is 1. The molecule has 0 radical (unpaired) electrons. The Bertz CT molecular complexity index is 810.